The van der Waals surface area contributed by atoms with E-state index in [1.165, 1.54) is 12.5 Å². The lowest BCUT2D eigenvalue weighted by molar-refractivity contribution is -0.142. The van der Waals surface area contributed by atoms with Gasteiger partial charge in [-0.05, 0) is 12.3 Å². The zero-order valence-electron chi connectivity index (χ0n) is 17.4. The summed E-state index contributed by atoms with van der Waals surface area (Å²) in [5, 5.41) is 16.6. The lowest BCUT2D eigenvalue weighted by atomic mass is 10.0. The first-order chi connectivity index (χ1) is 14.5. The maximum Gasteiger partial charge on any atom is 0.326 e. The number of nitrogens with zero attached hydrogens (tertiary/aromatic N) is 1. The van der Waals surface area contributed by atoms with Crippen LogP contribution < -0.4 is 27.4 Å². The Balaban J connectivity index is 2.62. The summed E-state index contributed by atoms with van der Waals surface area (Å²) in [4.78, 5) is 65.4. The molecule has 0 aliphatic carbocycles. The van der Waals surface area contributed by atoms with E-state index in [-0.39, 0.29) is 25.2 Å². The number of hydrogen-bond acceptors (Lipinski definition) is 7. The third kappa shape index (κ3) is 9.25. The van der Waals surface area contributed by atoms with Crippen LogP contribution in [0.15, 0.2) is 12.5 Å². The van der Waals surface area contributed by atoms with Gasteiger partial charge in [0.1, 0.15) is 12.1 Å². The van der Waals surface area contributed by atoms with E-state index < -0.39 is 54.3 Å². The lowest BCUT2D eigenvalue weighted by Crippen LogP contribution is -2.55. The number of H-pyrrole nitrogens is 1. The van der Waals surface area contributed by atoms with Crippen molar-refractivity contribution in [1.29, 1.82) is 0 Å². The summed E-state index contributed by atoms with van der Waals surface area (Å²) in [7, 11) is 0. The van der Waals surface area contributed by atoms with Gasteiger partial charge in [-0.2, -0.15) is 0 Å². The molecular weight excluding hydrogens is 410 g/mol. The smallest absolute Gasteiger partial charge is 0.326 e. The molecule has 0 aromatic carbocycles. The van der Waals surface area contributed by atoms with Crippen LogP contribution in [0.3, 0.4) is 0 Å². The Morgan fingerprint density at radius 3 is 2.35 bits per heavy atom. The van der Waals surface area contributed by atoms with Crippen LogP contribution in [0.4, 0.5) is 0 Å². The van der Waals surface area contributed by atoms with Gasteiger partial charge in [-0.25, -0.2) is 9.78 Å². The quantitative estimate of drug-likeness (QED) is 0.172. The number of carbonyl (C=O) groups excluding carboxylic acids is 4. The molecule has 0 bridgehead atoms. The van der Waals surface area contributed by atoms with Crippen LogP contribution in [0, 0.1) is 5.92 Å². The minimum absolute atomic E-state index is 0.0148. The number of aromatic nitrogens is 2. The first kappa shape index (κ1) is 25.6. The van der Waals surface area contributed by atoms with E-state index in [1.807, 2.05) is 0 Å². The minimum Gasteiger partial charge on any atom is -0.480 e. The highest BCUT2D eigenvalue weighted by Gasteiger charge is 2.29. The van der Waals surface area contributed by atoms with Gasteiger partial charge >= 0.3 is 5.97 Å². The molecule has 0 spiro atoms. The largest absolute Gasteiger partial charge is 0.480 e. The molecule has 0 saturated carbocycles. The summed E-state index contributed by atoms with van der Waals surface area (Å²) >= 11 is 0. The van der Waals surface area contributed by atoms with E-state index in [1.54, 1.807) is 13.8 Å². The third-order valence-electron chi connectivity index (χ3n) is 4.32. The molecule has 13 heteroatoms. The topological polar surface area (TPSA) is 222 Å². The van der Waals surface area contributed by atoms with Gasteiger partial charge in [-0.3, -0.25) is 19.2 Å². The number of amides is 4. The second kappa shape index (κ2) is 12.3. The predicted octanol–water partition coefficient (Wildman–Crippen LogP) is -2.63. The second-order valence-electron chi connectivity index (χ2n) is 7.30. The number of hydrogen-bond donors (Lipinski definition) is 7. The SMILES string of the molecule is CC(C)C(NC(=O)CNC(=O)C(N)CCC(N)=O)C(=O)NC(Cc1cnc[nH]1)C(=O)O. The molecule has 1 heterocycles. The van der Waals surface area contributed by atoms with Gasteiger partial charge in [-0.1, -0.05) is 13.8 Å². The van der Waals surface area contributed by atoms with Gasteiger partial charge < -0.3 is 37.5 Å². The Morgan fingerprint density at radius 2 is 1.84 bits per heavy atom. The zero-order valence-corrected chi connectivity index (χ0v) is 17.4. The molecule has 172 valence electrons. The number of carboxylic acid groups (broad SMARTS) is 1. The van der Waals surface area contributed by atoms with E-state index in [4.69, 9.17) is 11.5 Å². The molecular formula is C18H29N7O6. The normalized spacial score (nSPS) is 13.7. The van der Waals surface area contributed by atoms with Crippen LogP contribution in [-0.2, 0) is 30.4 Å². The standard InChI is InChI=1S/C18H29N7O6/c1-9(2)15(17(29)24-12(18(30)31)5-10-6-21-8-23-10)25-14(27)7-22-16(28)11(19)3-4-13(20)26/h6,8-9,11-12,15H,3-5,7,19H2,1-2H3,(H2,20,26)(H,21,23)(H,22,28)(H,24,29)(H,25,27)(H,30,31). The highest BCUT2D eigenvalue weighted by atomic mass is 16.4. The molecule has 1 rings (SSSR count). The molecule has 0 aliphatic rings. The molecule has 0 saturated heterocycles. The van der Waals surface area contributed by atoms with Crippen molar-refractivity contribution in [2.75, 3.05) is 6.54 Å². The van der Waals surface area contributed by atoms with Crippen LogP contribution in [0.5, 0.6) is 0 Å². The summed E-state index contributed by atoms with van der Waals surface area (Å²) in [5.41, 5.74) is 11.1. The van der Waals surface area contributed by atoms with Crippen LogP contribution in [0.25, 0.3) is 0 Å². The number of primary amides is 1. The summed E-state index contributed by atoms with van der Waals surface area (Å²) in [6.45, 7) is 2.90. The molecule has 0 aliphatic heterocycles. The van der Waals surface area contributed by atoms with E-state index in [2.05, 4.69) is 25.9 Å². The van der Waals surface area contributed by atoms with Crippen molar-refractivity contribution in [1.82, 2.24) is 25.9 Å². The van der Waals surface area contributed by atoms with Crippen molar-refractivity contribution in [2.24, 2.45) is 17.4 Å². The predicted molar refractivity (Wildman–Crippen MR) is 108 cm³/mol. The monoisotopic (exact) mass is 439 g/mol. The third-order valence-corrected chi connectivity index (χ3v) is 4.32. The maximum atomic E-state index is 12.6. The van der Waals surface area contributed by atoms with Crippen molar-refractivity contribution < 1.29 is 29.1 Å². The lowest BCUT2D eigenvalue weighted by Gasteiger charge is -2.24. The summed E-state index contributed by atoms with van der Waals surface area (Å²) in [6.07, 6.45) is 2.79. The van der Waals surface area contributed by atoms with Gasteiger partial charge in [0.2, 0.25) is 23.6 Å². The van der Waals surface area contributed by atoms with Crippen molar-refractivity contribution >= 4 is 29.6 Å². The van der Waals surface area contributed by atoms with Crippen LogP contribution in [-0.4, -0.2) is 69.3 Å². The fourth-order valence-corrected chi connectivity index (χ4v) is 2.56. The molecule has 0 fully saturated rings. The molecule has 9 N–H and O–H groups in total. The second-order valence-corrected chi connectivity index (χ2v) is 7.30. The molecule has 4 amide bonds. The number of nitrogens with two attached hydrogens (primary N) is 2. The molecule has 3 atom stereocenters. The van der Waals surface area contributed by atoms with E-state index in [0.717, 1.165) is 0 Å². The Labute approximate surface area is 178 Å². The van der Waals surface area contributed by atoms with E-state index in [0.29, 0.717) is 5.69 Å². The van der Waals surface area contributed by atoms with Crippen LogP contribution in [0.1, 0.15) is 32.4 Å². The minimum atomic E-state index is -1.24. The average Bonchev–Trinajstić information content (AvgIpc) is 3.20. The van der Waals surface area contributed by atoms with Gasteiger partial charge in [0.15, 0.2) is 0 Å². The Hall–Kier alpha value is -3.48. The Morgan fingerprint density at radius 1 is 1.16 bits per heavy atom. The average molecular weight is 439 g/mol. The molecule has 13 nitrogen and oxygen atoms in total. The maximum absolute atomic E-state index is 12.6. The number of aromatic amines is 1. The first-order valence-electron chi connectivity index (χ1n) is 9.62. The van der Waals surface area contributed by atoms with E-state index in [9.17, 15) is 29.1 Å². The fraction of sp³-hybridized carbons (Fsp3) is 0.556. The number of carboxylic acids is 1. The number of rotatable bonds is 13. The van der Waals surface area contributed by atoms with Crippen LogP contribution in [0.2, 0.25) is 0 Å². The number of aliphatic carboxylic acids is 1. The van der Waals surface area contributed by atoms with Crippen molar-refractivity contribution in [2.45, 2.75) is 51.2 Å². The number of imidazole rings is 1. The molecule has 1 aromatic heterocycles. The highest BCUT2D eigenvalue weighted by Crippen LogP contribution is 2.05. The Bertz CT molecular complexity index is 780. The zero-order chi connectivity index (χ0) is 23.6. The fourth-order valence-electron chi connectivity index (χ4n) is 2.56. The molecule has 31 heavy (non-hydrogen) atoms. The van der Waals surface area contributed by atoms with Gasteiger partial charge in [0, 0.05) is 24.7 Å². The summed E-state index contributed by atoms with van der Waals surface area (Å²) in [5.74, 6) is -4.19. The number of carbonyl (C=O) groups is 5. The van der Waals surface area contributed by atoms with Crippen molar-refractivity contribution in [3.63, 3.8) is 0 Å². The van der Waals surface area contributed by atoms with Gasteiger partial charge in [0.05, 0.1) is 18.9 Å². The van der Waals surface area contributed by atoms with Crippen molar-refractivity contribution in [3.05, 3.63) is 18.2 Å². The van der Waals surface area contributed by atoms with E-state index >= 15 is 0 Å². The molecule has 0 radical (unpaired) electrons. The molecule has 3 unspecified atom stereocenters. The molecule has 1 aromatic rings. The first-order valence-corrected chi connectivity index (χ1v) is 9.62. The van der Waals surface area contributed by atoms with Crippen molar-refractivity contribution in [3.8, 4) is 0 Å². The van der Waals surface area contributed by atoms with Gasteiger partial charge in [0.25, 0.3) is 0 Å². The highest BCUT2D eigenvalue weighted by molar-refractivity contribution is 5.92. The Kier molecular flexibility index (Phi) is 10.1. The summed E-state index contributed by atoms with van der Waals surface area (Å²) < 4.78 is 0. The summed E-state index contributed by atoms with van der Waals surface area (Å²) in [6, 6.07) is -3.27. The number of nitrogens with one attached hydrogen (secondary N) is 4. The van der Waals surface area contributed by atoms with Crippen LogP contribution >= 0.6 is 0 Å². The van der Waals surface area contributed by atoms with Gasteiger partial charge in [-0.15, -0.1) is 0 Å².